The van der Waals surface area contributed by atoms with E-state index in [0.717, 1.165) is 18.9 Å². The van der Waals surface area contributed by atoms with Crippen LogP contribution in [0, 0.1) is 17.2 Å². The van der Waals surface area contributed by atoms with Crippen molar-refractivity contribution < 1.29 is 4.79 Å². The molecule has 0 spiro atoms. The van der Waals surface area contributed by atoms with Crippen LogP contribution in [0.2, 0.25) is 0 Å². The Kier molecular flexibility index (Phi) is 4.35. The van der Waals surface area contributed by atoms with Gasteiger partial charge in [0.15, 0.2) is 0 Å². The maximum Gasteiger partial charge on any atom is 0.240 e. The summed E-state index contributed by atoms with van der Waals surface area (Å²) in [6.45, 7) is 4.73. The number of pyridine rings is 1. The molecule has 100 valence electrons. The Morgan fingerprint density at radius 3 is 2.68 bits per heavy atom. The average Bonchev–Trinajstić information content (AvgIpc) is 2.49. The van der Waals surface area contributed by atoms with Crippen molar-refractivity contribution in [1.29, 1.82) is 5.26 Å². The fourth-order valence-corrected chi connectivity index (χ4v) is 2.24. The minimum atomic E-state index is -0.499. The number of rotatable bonds is 3. The molecule has 0 saturated carbocycles. The van der Waals surface area contributed by atoms with Gasteiger partial charge in [0.2, 0.25) is 5.91 Å². The SMILES string of the molecule is CCC(C#N)C(=O)N1CCN(c2ccccn2)CC1. The van der Waals surface area contributed by atoms with Gasteiger partial charge in [0, 0.05) is 32.4 Å². The van der Waals surface area contributed by atoms with Gasteiger partial charge < -0.3 is 9.80 Å². The van der Waals surface area contributed by atoms with E-state index >= 15 is 0 Å². The van der Waals surface area contributed by atoms with Crippen LogP contribution in [0.3, 0.4) is 0 Å². The van der Waals surface area contributed by atoms with Gasteiger partial charge in [0.1, 0.15) is 11.7 Å². The third-order valence-corrected chi connectivity index (χ3v) is 3.43. The number of nitrogens with zero attached hydrogens (tertiary/aromatic N) is 4. The molecular weight excluding hydrogens is 240 g/mol. The Morgan fingerprint density at radius 2 is 2.16 bits per heavy atom. The molecule has 0 bridgehead atoms. The number of hydrogen-bond acceptors (Lipinski definition) is 4. The topological polar surface area (TPSA) is 60.2 Å². The molecule has 1 fully saturated rings. The standard InChI is InChI=1S/C14H18N4O/c1-2-12(11-15)14(19)18-9-7-17(8-10-18)13-5-3-4-6-16-13/h3-6,12H,2,7-10H2,1H3. The van der Waals surface area contributed by atoms with Gasteiger partial charge in [-0.3, -0.25) is 4.79 Å². The van der Waals surface area contributed by atoms with E-state index in [0.29, 0.717) is 19.5 Å². The highest BCUT2D eigenvalue weighted by atomic mass is 16.2. The van der Waals surface area contributed by atoms with E-state index in [1.54, 1.807) is 11.1 Å². The fraction of sp³-hybridized carbons (Fsp3) is 0.500. The molecule has 19 heavy (non-hydrogen) atoms. The second-order valence-electron chi connectivity index (χ2n) is 4.59. The highest BCUT2D eigenvalue weighted by molar-refractivity contribution is 5.81. The molecule has 1 unspecified atom stereocenters. The molecular formula is C14H18N4O. The zero-order valence-corrected chi connectivity index (χ0v) is 11.1. The summed E-state index contributed by atoms with van der Waals surface area (Å²) in [5, 5.41) is 8.94. The first-order chi connectivity index (χ1) is 9.26. The van der Waals surface area contributed by atoms with Crippen LogP contribution in [0.4, 0.5) is 5.82 Å². The summed E-state index contributed by atoms with van der Waals surface area (Å²) in [7, 11) is 0. The quantitative estimate of drug-likeness (QED) is 0.819. The lowest BCUT2D eigenvalue weighted by atomic mass is 10.1. The van der Waals surface area contributed by atoms with Crippen molar-refractivity contribution in [1.82, 2.24) is 9.88 Å². The molecule has 0 N–H and O–H groups in total. The number of piperazine rings is 1. The molecule has 1 aliphatic heterocycles. The fourth-order valence-electron chi connectivity index (χ4n) is 2.24. The number of amides is 1. The molecule has 5 nitrogen and oxygen atoms in total. The van der Waals surface area contributed by atoms with E-state index < -0.39 is 5.92 Å². The van der Waals surface area contributed by atoms with Crippen LogP contribution in [0.1, 0.15) is 13.3 Å². The second-order valence-corrected chi connectivity index (χ2v) is 4.59. The van der Waals surface area contributed by atoms with Crippen LogP contribution in [-0.2, 0) is 4.79 Å². The maximum absolute atomic E-state index is 12.1. The predicted octanol–water partition coefficient (Wildman–Crippen LogP) is 1.28. The predicted molar refractivity (Wildman–Crippen MR) is 72.4 cm³/mol. The van der Waals surface area contributed by atoms with E-state index in [-0.39, 0.29) is 5.91 Å². The number of carbonyl (C=O) groups excluding carboxylic acids is 1. The van der Waals surface area contributed by atoms with Gasteiger partial charge in [0.05, 0.1) is 6.07 Å². The molecule has 1 aromatic heterocycles. The lowest BCUT2D eigenvalue weighted by Gasteiger charge is -2.36. The zero-order chi connectivity index (χ0) is 13.7. The summed E-state index contributed by atoms with van der Waals surface area (Å²) in [5.74, 6) is 0.411. The number of nitriles is 1. The summed E-state index contributed by atoms with van der Waals surface area (Å²) in [6, 6.07) is 7.90. The van der Waals surface area contributed by atoms with Gasteiger partial charge in [0.25, 0.3) is 0 Å². The van der Waals surface area contributed by atoms with Crippen LogP contribution in [0.25, 0.3) is 0 Å². The molecule has 0 aliphatic carbocycles. The van der Waals surface area contributed by atoms with Gasteiger partial charge in [-0.2, -0.15) is 5.26 Å². The maximum atomic E-state index is 12.1. The Hall–Kier alpha value is -2.09. The lowest BCUT2D eigenvalue weighted by molar-refractivity contribution is -0.134. The van der Waals surface area contributed by atoms with Crippen LogP contribution >= 0.6 is 0 Å². The van der Waals surface area contributed by atoms with E-state index in [1.165, 1.54) is 0 Å². The van der Waals surface area contributed by atoms with Crippen molar-refractivity contribution in [2.24, 2.45) is 5.92 Å². The Bertz CT molecular complexity index is 460. The summed E-state index contributed by atoms with van der Waals surface area (Å²) < 4.78 is 0. The van der Waals surface area contributed by atoms with Crippen molar-refractivity contribution in [3.63, 3.8) is 0 Å². The molecule has 0 aromatic carbocycles. The molecule has 2 heterocycles. The molecule has 5 heteroatoms. The summed E-state index contributed by atoms with van der Waals surface area (Å²) in [4.78, 5) is 20.3. The third-order valence-electron chi connectivity index (χ3n) is 3.43. The summed E-state index contributed by atoms with van der Waals surface area (Å²) in [5.41, 5.74) is 0. The zero-order valence-electron chi connectivity index (χ0n) is 11.1. The average molecular weight is 258 g/mol. The molecule has 0 radical (unpaired) electrons. The molecule has 2 rings (SSSR count). The van der Waals surface area contributed by atoms with Crippen LogP contribution in [-0.4, -0.2) is 42.0 Å². The molecule has 1 atom stereocenters. The normalized spacial score (nSPS) is 16.8. The lowest BCUT2D eigenvalue weighted by Crippen LogP contribution is -2.50. The summed E-state index contributed by atoms with van der Waals surface area (Å²) in [6.07, 6.45) is 2.35. The first-order valence-corrected chi connectivity index (χ1v) is 6.60. The van der Waals surface area contributed by atoms with Gasteiger partial charge in [-0.25, -0.2) is 4.98 Å². The van der Waals surface area contributed by atoms with Crippen LogP contribution in [0.5, 0.6) is 0 Å². The van der Waals surface area contributed by atoms with Gasteiger partial charge in [-0.15, -0.1) is 0 Å². The minimum Gasteiger partial charge on any atom is -0.353 e. The number of hydrogen-bond donors (Lipinski definition) is 0. The van der Waals surface area contributed by atoms with Crippen molar-refractivity contribution in [3.8, 4) is 6.07 Å². The Labute approximate surface area is 113 Å². The van der Waals surface area contributed by atoms with E-state index in [9.17, 15) is 4.79 Å². The smallest absolute Gasteiger partial charge is 0.240 e. The van der Waals surface area contributed by atoms with E-state index in [2.05, 4.69) is 16.0 Å². The van der Waals surface area contributed by atoms with Gasteiger partial charge in [-0.1, -0.05) is 13.0 Å². The van der Waals surface area contributed by atoms with E-state index in [1.807, 2.05) is 25.1 Å². The summed E-state index contributed by atoms with van der Waals surface area (Å²) >= 11 is 0. The van der Waals surface area contributed by atoms with Crippen molar-refractivity contribution in [3.05, 3.63) is 24.4 Å². The molecule has 1 saturated heterocycles. The second kappa shape index (κ2) is 6.19. The molecule has 1 aromatic rings. The van der Waals surface area contributed by atoms with Crippen molar-refractivity contribution in [2.45, 2.75) is 13.3 Å². The van der Waals surface area contributed by atoms with Gasteiger partial charge in [-0.05, 0) is 18.6 Å². The number of carbonyl (C=O) groups is 1. The van der Waals surface area contributed by atoms with Gasteiger partial charge >= 0.3 is 0 Å². The van der Waals surface area contributed by atoms with E-state index in [4.69, 9.17) is 5.26 Å². The molecule has 1 aliphatic rings. The van der Waals surface area contributed by atoms with Crippen LogP contribution < -0.4 is 4.90 Å². The molecule has 1 amide bonds. The Balaban J connectivity index is 1.93. The highest BCUT2D eigenvalue weighted by Crippen LogP contribution is 2.14. The highest BCUT2D eigenvalue weighted by Gasteiger charge is 2.26. The van der Waals surface area contributed by atoms with Crippen molar-refractivity contribution in [2.75, 3.05) is 31.1 Å². The monoisotopic (exact) mass is 258 g/mol. The first kappa shape index (κ1) is 13.3. The number of anilines is 1. The third kappa shape index (κ3) is 3.02. The minimum absolute atomic E-state index is 0.0364. The largest absolute Gasteiger partial charge is 0.353 e. The van der Waals surface area contributed by atoms with Crippen LogP contribution in [0.15, 0.2) is 24.4 Å². The Morgan fingerprint density at radius 1 is 1.42 bits per heavy atom. The van der Waals surface area contributed by atoms with Crippen molar-refractivity contribution >= 4 is 11.7 Å². The first-order valence-electron chi connectivity index (χ1n) is 6.60. The number of aromatic nitrogens is 1.